The maximum Gasteiger partial charge on any atom is 0.407 e. The van der Waals surface area contributed by atoms with Crippen LogP contribution < -0.4 is 10.7 Å². The number of benzene rings is 1. The minimum Gasteiger partial charge on any atom is -0.453 e. The fourth-order valence-corrected chi connectivity index (χ4v) is 2.36. The normalized spacial score (nSPS) is 12.4. The van der Waals surface area contributed by atoms with Crippen LogP contribution in [0.1, 0.15) is 26.3 Å². The number of rotatable bonds is 5. The van der Waals surface area contributed by atoms with Gasteiger partial charge in [-0.25, -0.2) is 10.2 Å². The Kier molecular flexibility index (Phi) is 6.65. The molecule has 1 aromatic heterocycles. The predicted octanol–water partition coefficient (Wildman–Crippen LogP) is 2.97. The first-order valence-electron chi connectivity index (χ1n) is 8.50. The highest BCUT2D eigenvalue weighted by Gasteiger charge is 2.33. The van der Waals surface area contributed by atoms with Gasteiger partial charge in [-0.2, -0.15) is 5.10 Å². The van der Waals surface area contributed by atoms with Crippen molar-refractivity contribution in [2.24, 2.45) is 10.5 Å². The number of methoxy groups -OCH3 is 1. The number of hydrogen-bond acceptors (Lipinski definition) is 5. The smallest absolute Gasteiger partial charge is 0.407 e. The molecule has 0 saturated heterocycles. The van der Waals surface area contributed by atoms with Gasteiger partial charge in [0.05, 0.1) is 19.0 Å². The van der Waals surface area contributed by atoms with E-state index in [2.05, 4.69) is 25.6 Å². The Morgan fingerprint density at radius 1 is 1.15 bits per heavy atom. The molecule has 0 bridgehead atoms. The van der Waals surface area contributed by atoms with Gasteiger partial charge < -0.3 is 10.1 Å². The van der Waals surface area contributed by atoms with E-state index < -0.39 is 23.5 Å². The highest BCUT2D eigenvalue weighted by molar-refractivity contribution is 5.88. The molecule has 2 rings (SSSR count). The number of ether oxygens (including phenoxy) is 1. The molecule has 142 valence electrons. The fraction of sp³-hybridized carbons (Fsp3) is 0.300. The number of nitrogens with one attached hydrogen (secondary N) is 2. The molecule has 1 aromatic carbocycles. The molecule has 0 aliphatic rings. The van der Waals surface area contributed by atoms with Crippen molar-refractivity contribution >= 4 is 18.2 Å². The first-order chi connectivity index (χ1) is 12.8. The highest BCUT2D eigenvalue weighted by atomic mass is 16.5. The van der Waals surface area contributed by atoms with Gasteiger partial charge in [-0.05, 0) is 23.1 Å². The third-order valence-corrected chi connectivity index (χ3v) is 3.84. The standard InChI is InChI=1S/C20H24N4O3/c1-20(2,3)17(23-19(26)27-4)18(25)24-22-13-14-8-10-15(11-9-14)16-7-5-6-12-21-16/h5-13,17H,1-4H3,(H,23,26)(H,24,25)/t17-/m1/s1. The van der Waals surface area contributed by atoms with Crippen molar-refractivity contribution in [3.8, 4) is 11.3 Å². The second kappa shape index (κ2) is 8.93. The molecular weight excluding hydrogens is 344 g/mol. The van der Waals surface area contributed by atoms with Crippen LogP contribution in [0.5, 0.6) is 0 Å². The van der Waals surface area contributed by atoms with Crippen molar-refractivity contribution in [2.75, 3.05) is 7.11 Å². The maximum atomic E-state index is 12.4. The lowest BCUT2D eigenvalue weighted by molar-refractivity contribution is -0.125. The minimum absolute atomic E-state index is 0.422. The van der Waals surface area contributed by atoms with Crippen LogP contribution in [0.15, 0.2) is 53.8 Å². The molecule has 0 fully saturated rings. The number of hydrazone groups is 1. The first-order valence-corrected chi connectivity index (χ1v) is 8.50. The summed E-state index contributed by atoms with van der Waals surface area (Å²) in [5.41, 5.74) is 4.66. The van der Waals surface area contributed by atoms with Crippen molar-refractivity contribution in [1.29, 1.82) is 0 Å². The van der Waals surface area contributed by atoms with E-state index in [0.29, 0.717) is 0 Å². The van der Waals surface area contributed by atoms with Crippen LogP contribution in [0, 0.1) is 5.41 Å². The predicted molar refractivity (Wildman–Crippen MR) is 104 cm³/mol. The van der Waals surface area contributed by atoms with Crippen LogP contribution in [-0.2, 0) is 9.53 Å². The topological polar surface area (TPSA) is 92.7 Å². The molecule has 0 radical (unpaired) electrons. The minimum atomic E-state index is -0.784. The molecule has 0 unspecified atom stereocenters. The van der Waals surface area contributed by atoms with Gasteiger partial charge in [0.1, 0.15) is 6.04 Å². The van der Waals surface area contributed by atoms with Crippen molar-refractivity contribution in [1.82, 2.24) is 15.7 Å². The van der Waals surface area contributed by atoms with Crippen LogP contribution in [0.3, 0.4) is 0 Å². The van der Waals surface area contributed by atoms with Crippen molar-refractivity contribution in [3.05, 3.63) is 54.2 Å². The summed E-state index contributed by atoms with van der Waals surface area (Å²) < 4.78 is 4.57. The van der Waals surface area contributed by atoms with Crippen molar-refractivity contribution < 1.29 is 14.3 Å². The lowest BCUT2D eigenvalue weighted by Crippen LogP contribution is -2.52. The molecule has 0 saturated carbocycles. The van der Waals surface area contributed by atoms with Crippen LogP contribution >= 0.6 is 0 Å². The zero-order valence-corrected chi connectivity index (χ0v) is 15.9. The molecule has 0 aliphatic carbocycles. The van der Waals surface area contributed by atoms with E-state index >= 15 is 0 Å². The van der Waals surface area contributed by atoms with Crippen LogP contribution in [0.4, 0.5) is 4.79 Å². The van der Waals surface area contributed by atoms with E-state index in [1.54, 1.807) is 6.20 Å². The number of pyridine rings is 1. The third-order valence-electron chi connectivity index (χ3n) is 3.84. The number of carbonyl (C=O) groups is 2. The largest absolute Gasteiger partial charge is 0.453 e. The molecule has 1 atom stereocenters. The maximum absolute atomic E-state index is 12.4. The molecule has 2 amide bonds. The van der Waals surface area contributed by atoms with Crippen LogP contribution in [0.25, 0.3) is 11.3 Å². The lowest BCUT2D eigenvalue weighted by Gasteiger charge is -2.28. The number of nitrogens with zero attached hydrogens (tertiary/aromatic N) is 2. The summed E-state index contributed by atoms with van der Waals surface area (Å²) in [5, 5.41) is 6.51. The summed E-state index contributed by atoms with van der Waals surface area (Å²) in [6.45, 7) is 5.52. The van der Waals surface area contributed by atoms with Gasteiger partial charge >= 0.3 is 6.09 Å². The summed E-state index contributed by atoms with van der Waals surface area (Å²) >= 11 is 0. The molecule has 7 heteroatoms. The average Bonchev–Trinajstić information content (AvgIpc) is 2.66. The Labute approximate surface area is 158 Å². The number of amides is 2. The summed E-state index contributed by atoms with van der Waals surface area (Å²) in [4.78, 5) is 28.1. The Bertz CT molecular complexity index is 796. The van der Waals surface area contributed by atoms with Gasteiger partial charge in [0.15, 0.2) is 0 Å². The highest BCUT2D eigenvalue weighted by Crippen LogP contribution is 2.19. The Balaban J connectivity index is 2.00. The monoisotopic (exact) mass is 368 g/mol. The molecular formula is C20H24N4O3. The lowest BCUT2D eigenvalue weighted by atomic mass is 9.86. The third kappa shape index (κ3) is 5.91. The van der Waals surface area contributed by atoms with Gasteiger partial charge in [0, 0.05) is 11.8 Å². The van der Waals surface area contributed by atoms with Gasteiger partial charge in [0.25, 0.3) is 5.91 Å². The number of alkyl carbamates (subject to hydrolysis) is 1. The molecule has 0 aliphatic heterocycles. The number of aromatic nitrogens is 1. The molecule has 0 spiro atoms. The Hall–Kier alpha value is -3.22. The first kappa shape index (κ1) is 20.1. The van der Waals surface area contributed by atoms with E-state index in [0.717, 1.165) is 16.8 Å². The van der Waals surface area contributed by atoms with E-state index in [9.17, 15) is 9.59 Å². The van der Waals surface area contributed by atoms with Gasteiger partial charge in [-0.1, -0.05) is 51.1 Å². The van der Waals surface area contributed by atoms with E-state index in [-0.39, 0.29) is 0 Å². The van der Waals surface area contributed by atoms with Crippen molar-refractivity contribution in [2.45, 2.75) is 26.8 Å². The van der Waals surface area contributed by atoms with E-state index in [1.165, 1.54) is 13.3 Å². The molecule has 1 heterocycles. The zero-order valence-electron chi connectivity index (χ0n) is 15.9. The average molecular weight is 368 g/mol. The van der Waals surface area contributed by atoms with Crippen LogP contribution in [-0.4, -0.2) is 36.4 Å². The molecule has 7 nitrogen and oxygen atoms in total. The molecule has 2 N–H and O–H groups in total. The fourth-order valence-electron chi connectivity index (χ4n) is 2.36. The van der Waals surface area contributed by atoms with Crippen molar-refractivity contribution in [3.63, 3.8) is 0 Å². The number of hydrogen-bond donors (Lipinski definition) is 2. The van der Waals surface area contributed by atoms with E-state index in [4.69, 9.17) is 0 Å². The summed E-state index contributed by atoms with van der Waals surface area (Å²) in [7, 11) is 1.25. The second-order valence-corrected chi connectivity index (χ2v) is 7.01. The quantitative estimate of drug-likeness (QED) is 0.627. The SMILES string of the molecule is COC(=O)N[C@H](C(=O)NN=Cc1ccc(-c2ccccn2)cc1)C(C)(C)C. The summed E-state index contributed by atoms with van der Waals surface area (Å²) in [6, 6.07) is 12.6. The summed E-state index contributed by atoms with van der Waals surface area (Å²) in [5.74, 6) is -0.422. The van der Waals surface area contributed by atoms with Gasteiger partial charge in [-0.15, -0.1) is 0 Å². The molecule has 2 aromatic rings. The van der Waals surface area contributed by atoms with E-state index in [1.807, 2.05) is 63.2 Å². The Morgan fingerprint density at radius 2 is 1.85 bits per heavy atom. The second-order valence-electron chi connectivity index (χ2n) is 7.01. The van der Waals surface area contributed by atoms with Gasteiger partial charge in [0.2, 0.25) is 0 Å². The number of carbonyl (C=O) groups excluding carboxylic acids is 2. The zero-order chi connectivity index (χ0) is 19.9. The Morgan fingerprint density at radius 3 is 2.41 bits per heavy atom. The van der Waals surface area contributed by atoms with Crippen LogP contribution in [0.2, 0.25) is 0 Å². The van der Waals surface area contributed by atoms with Gasteiger partial charge in [-0.3, -0.25) is 9.78 Å². The molecule has 27 heavy (non-hydrogen) atoms. The summed E-state index contributed by atoms with van der Waals surface area (Å²) in [6.07, 6.45) is 2.62.